The van der Waals surface area contributed by atoms with Gasteiger partial charge in [-0.2, -0.15) is 0 Å². The first-order valence-electron chi connectivity index (χ1n) is 12.3. The predicted octanol–water partition coefficient (Wildman–Crippen LogP) is 5.31. The standard InChI is InChI=1S/C28H35N3O3/c1-33-26-12-11-24(18-23-13-15-31(16-14-23)28(32)25-20-29-21-30-25)19-27(26)34-17-7-3-6-10-22-8-4-2-5-9-22/h2,4-5,8-9,11-12,19-21,23H,3,6-7,10,13-18H2,1H3,(H,29,30). The largest absolute Gasteiger partial charge is 0.493 e. The van der Waals surface area contributed by atoms with Gasteiger partial charge >= 0.3 is 0 Å². The second-order valence-electron chi connectivity index (χ2n) is 9.03. The first-order chi connectivity index (χ1) is 16.7. The number of carbonyl (C=O) groups excluding carboxylic acids is 1. The summed E-state index contributed by atoms with van der Waals surface area (Å²) in [4.78, 5) is 21.3. The number of hydrogen-bond acceptors (Lipinski definition) is 4. The van der Waals surface area contributed by atoms with Crippen LogP contribution < -0.4 is 9.47 Å². The van der Waals surface area contributed by atoms with Crippen LogP contribution in [0.1, 0.15) is 53.7 Å². The first kappa shape index (κ1) is 23.9. The molecule has 1 amide bonds. The van der Waals surface area contributed by atoms with Crippen molar-refractivity contribution in [2.75, 3.05) is 26.8 Å². The Morgan fingerprint density at radius 2 is 1.85 bits per heavy atom. The zero-order valence-electron chi connectivity index (χ0n) is 20.0. The summed E-state index contributed by atoms with van der Waals surface area (Å²) in [7, 11) is 1.69. The number of ether oxygens (including phenoxy) is 2. The average molecular weight is 462 g/mol. The lowest BCUT2D eigenvalue weighted by Crippen LogP contribution is -2.39. The van der Waals surface area contributed by atoms with Crippen LogP contribution in [0.5, 0.6) is 11.5 Å². The van der Waals surface area contributed by atoms with E-state index in [1.807, 2.05) is 11.0 Å². The SMILES string of the molecule is COc1ccc(CC2CCN(C(=O)c3cnc[nH]3)CC2)cc1OCCCCCc1ccccc1. The number of aromatic amines is 1. The summed E-state index contributed by atoms with van der Waals surface area (Å²) in [5, 5.41) is 0. The first-order valence-corrected chi connectivity index (χ1v) is 12.3. The van der Waals surface area contributed by atoms with Gasteiger partial charge in [0, 0.05) is 13.1 Å². The molecule has 0 spiro atoms. The molecule has 1 aromatic heterocycles. The number of unbranched alkanes of at least 4 members (excludes halogenated alkanes) is 2. The van der Waals surface area contributed by atoms with Crippen molar-refractivity contribution in [3.63, 3.8) is 0 Å². The number of aromatic nitrogens is 2. The Balaban J connectivity index is 1.21. The molecule has 0 atom stereocenters. The molecule has 1 fully saturated rings. The Hall–Kier alpha value is -3.28. The van der Waals surface area contributed by atoms with Crippen molar-refractivity contribution in [1.29, 1.82) is 0 Å². The lowest BCUT2D eigenvalue weighted by molar-refractivity contribution is 0.0685. The van der Waals surface area contributed by atoms with Gasteiger partial charge in [-0.25, -0.2) is 4.98 Å². The van der Waals surface area contributed by atoms with Gasteiger partial charge < -0.3 is 19.4 Å². The Morgan fingerprint density at radius 3 is 2.59 bits per heavy atom. The van der Waals surface area contributed by atoms with E-state index in [2.05, 4.69) is 52.4 Å². The highest BCUT2D eigenvalue weighted by Gasteiger charge is 2.24. The van der Waals surface area contributed by atoms with Crippen molar-refractivity contribution in [2.45, 2.75) is 44.9 Å². The van der Waals surface area contributed by atoms with Gasteiger partial charge in [-0.15, -0.1) is 0 Å². The fourth-order valence-electron chi connectivity index (χ4n) is 4.61. The van der Waals surface area contributed by atoms with Gasteiger partial charge in [0.2, 0.25) is 0 Å². The third-order valence-electron chi connectivity index (χ3n) is 6.59. The molecule has 6 heteroatoms. The summed E-state index contributed by atoms with van der Waals surface area (Å²) in [6, 6.07) is 16.9. The number of carbonyl (C=O) groups is 1. The monoisotopic (exact) mass is 461 g/mol. The molecule has 0 radical (unpaired) electrons. The topological polar surface area (TPSA) is 67.5 Å². The number of amides is 1. The average Bonchev–Trinajstić information content (AvgIpc) is 3.42. The van der Waals surface area contributed by atoms with Crippen molar-refractivity contribution >= 4 is 5.91 Å². The maximum atomic E-state index is 12.5. The van der Waals surface area contributed by atoms with E-state index in [1.165, 1.54) is 17.5 Å². The van der Waals surface area contributed by atoms with Crippen molar-refractivity contribution in [1.82, 2.24) is 14.9 Å². The van der Waals surface area contributed by atoms with Crippen molar-refractivity contribution in [3.05, 3.63) is 77.9 Å². The second-order valence-corrected chi connectivity index (χ2v) is 9.03. The van der Waals surface area contributed by atoms with Gasteiger partial charge in [-0.05, 0) is 74.1 Å². The quantitative estimate of drug-likeness (QED) is 0.393. The molecule has 2 aromatic carbocycles. The molecule has 1 aliphatic rings. The van der Waals surface area contributed by atoms with Crippen LogP contribution in [-0.4, -0.2) is 47.6 Å². The molecule has 3 aromatic rings. The van der Waals surface area contributed by atoms with Crippen LogP contribution in [0.2, 0.25) is 0 Å². The minimum absolute atomic E-state index is 0.0415. The van der Waals surface area contributed by atoms with E-state index in [0.717, 1.165) is 63.1 Å². The molecular weight excluding hydrogens is 426 g/mol. The summed E-state index contributed by atoms with van der Waals surface area (Å²) in [6.45, 7) is 2.26. The number of imidazole rings is 1. The van der Waals surface area contributed by atoms with E-state index in [0.29, 0.717) is 18.2 Å². The molecule has 0 saturated carbocycles. The van der Waals surface area contributed by atoms with Gasteiger partial charge in [-0.1, -0.05) is 36.4 Å². The highest BCUT2D eigenvalue weighted by Crippen LogP contribution is 2.31. The lowest BCUT2D eigenvalue weighted by Gasteiger charge is -2.31. The molecular formula is C28H35N3O3. The predicted molar refractivity (Wildman–Crippen MR) is 133 cm³/mol. The third-order valence-corrected chi connectivity index (χ3v) is 6.59. The van der Waals surface area contributed by atoms with Crippen LogP contribution in [0, 0.1) is 5.92 Å². The number of aryl methyl sites for hydroxylation is 1. The Morgan fingerprint density at radius 1 is 1.03 bits per heavy atom. The second kappa shape index (κ2) is 12.3. The molecule has 1 N–H and O–H groups in total. The smallest absolute Gasteiger partial charge is 0.271 e. The minimum atomic E-state index is 0.0415. The van der Waals surface area contributed by atoms with Gasteiger partial charge in [0.15, 0.2) is 11.5 Å². The van der Waals surface area contributed by atoms with Gasteiger partial charge in [0.1, 0.15) is 5.69 Å². The van der Waals surface area contributed by atoms with Crippen molar-refractivity contribution < 1.29 is 14.3 Å². The molecule has 180 valence electrons. The molecule has 0 unspecified atom stereocenters. The molecule has 1 aliphatic heterocycles. The number of nitrogens with one attached hydrogen (secondary N) is 1. The number of rotatable bonds is 11. The van der Waals surface area contributed by atoms with Crippen LogP contribution in [0.4, 0.5) is 0 Å². The zero-order chi connectivity index (χ0) is 23.6. The van der Waals surface area contributed by atoms with Crippen LogP contribution in [0.3, 0.4) is 0 Å². The number of hydrogen-bond donors (Lipinski definition) is 1. The minimum Gasteiger partial charge on any atom is -0.493 e. The number of likely N-dealkylation sites (tertiary alicyclic amines) is 1. The van der Waals surface area contributed by atoms with E-state index in [1.54, 1.807) is 19.6 Å². The van der Waals surface area contributed by atoms with E-state index in [-0.39, 0.29) is 5.91 Å². The van der Waals surface area contributed by atoms with Gasteiger partial charge in [-0.3, -0.25) is 4.79 Å². The van der Waals surface area contributed by atoms with Crippen LogP contribution in [0.25, 0.3) is 0 Å². The normalized spacial score (nSPS) is 14.2. The molecule has 0 aliphatic carbocycles. The molecule has 34 heavy (non-hydrogen) atoms. The third kappa shape index (κ3) is 6.62. The summed E-state index contributed by atoms with van der Waals surface area (Å²) in [5.74, 6) is 2.22. The van der Waals surface area contributed by atoms with Crippen molar-refractivity contribution in [3.8, 4) is 11.5 Å². The summed E-state index contributed by atoms with van der Waals surface area (Å²) in [6.07, 6.45) is 10.6. The fraction of sp³-hybridized carbons (Fsp3) is 0.429. The van der Waals surface area contributed by atoms with E-state index in [9.17, 15) is 4.79 Å². The maximum Gasteiger partial charge on any atom is 0.271 e. The summed E-state index contributed by atoms with van der Waals surface area (Å²) in [5.41, 5.74) is 3.22. The maximum absolute atomic E-state index is 12.5. The van der Waals surface area contributed by atoms with Crippen LogP contribution >= 0.6 is 0 Å². The van der Waals surface area contributed by atoms with Crippen LogP contribution in [0.15, 0.2) is 61.1 Å². The van der Waals surface area contributed by atoms with E-state index in [4.69, 9.17) is 9.47 Å². The number of H-pyrrole nitrogens is 1. The molecule has 6 nitrogen and oxygen atoms in total. The summed E-state index contributed by atoms with van der Waals surface area (Å²) >= 11 is 0. The number of benzene rings is 2. The fourth-order valence-corrected chi connectivity index (χ4v) is 4.61. The highest BCUT2D eigenvalue weighted by molar-refractivity contribution is 5.92. The Kier molecular flexibility index (Phi) is 8.60. The van der Waals surface area contributed by atoms with E-state index < -0.39 is 0 Å². The van der Waals surface area contributed by atoms with Crippen molar-refractivity contribution in [2.24, 2.45) is 5.92 Å². The Labute approximate surface area is 202 Å². The number of nitrogens with zero attached hydrogens (tertiary/aromatic N) is 2. The number of piperidine rings is 1. The van der Waals surface area contributed by atoms with Gasteiger partial charge in [0.25, 0.3) is 5.91 Å². The van der Waals surface area contributed by atoms with Crippen LogP contribution in [-0.2, 0) is 12.8 Å². The molecule has 0 bridgehead atoms. The molecule has 4 rings (SSSR count). The zero-order valence-corrected chi connectivity index (χ0v) is 20.0. The Bertz CT molecular complexity index is 1010. The molecule has 1 saturated heterocycles. The molecule has 2 heterocycles. The number of methoxy groups -OCH3 is 1. The van der Waals surface area contributed by atoms with E-state index >= 15 is 0 Å². The highest BCUT2D eigenvalue weighted by atomic mass is 16.5. The van der Waals surface area contributed by atoms with Gasteiger partial charge in [0.05, 0.1) is 26.2 Å². The summed E-state index contributed by atoms with van der Waals surface area (Å²) < 4.78 is 11.6. The lowest BCUT2D eigenvalue weighted by atomic mass is 9.90.